The number of hydrogen-bond acceptors (Lipinski definition) is 4. The SMILES string of the molecule is COc1ccc(-c2ccc(O)c(C(=O)NC(Cc3ccc(-c4ccccc4)cc3)C(=O)O)c2)cc1. The Labute approximate surface area is 203 Å². The Kier molecular flexibility index (Phi) is 7.12. The molecule has 0 heterocycles. The third-order valence-electron chi connectivity index (χ3n) is 5.77. The maximum Gasteiger partial charge on any atom is 0.326 e. The van der Waals surface area contributed by atoms with Crippen LogP contribution in [0.1, 0.15) is 15.9 Å². The molecule has 176 valence electrons. The number of rotatable bonds is 8. The van der Waals surface area contributed by atoms with E-state index in [-0.39, 0.29) is 17.7 Å². The number of aliphatic carboxylic acids is 1. The molecule has 0 aliphatic carbocycles. The maximum absolute atomic E-state index is 12.9. The molecule has 6 nitrogen and oxygen atoms in total. The average molecular weight is 468 g/mol. The molecule has 0 aliphatic rings. The van der Waals surface area contributed by atoms with Gasteiger partial charge in [0.05, 0.1) is 12.7 Å². The van der Waals surface area contributed by atoms with Crippen LogP contribution in [0, 0.1) is 0 Å². The smallest absolute Gasteiger partial charge is 0.326 e. The van der Waals surface area contributed by atoms with Gasteiger partial charge < -0.3 is 20.3 Å². The van der Waals surface area contributed by atoms with E-state index in [0.717, 1.165) is 22.3 Å². The molecule has 0 aliphatic heterocycles. The summed E-state index contributed by atoms with van der Waals surface area (Å²) in [6.07, 6.45) is 0.106. The molecule has 0 bridgehead atoms. The topological polar surface area (TPSA) is 95.9 Å². The van der Waals surface area contributed by atoms with Gasteiger partial charge in [-0.3, -0.25) is 4.79 Å². The molecule has 6 heteroatoms. The van der Waals surface area contributed by atoms with Gasteiger partial charge in [0.15, 0.2) is 0 Å². The Morgan fingerprint density at radius 3 is 2.00 bits per heavy atom. The molecule has 0 spiro atoms. The number of hydrogen-bond donors (Lipinski definition) is 3. The van der Waals surface area contributed by atoms with Crippen LogP contribution in [0.3, 0.4) is 0 Å². The summed E-state index contributed by atoms with van der Waals surface area (Å²) in [4.78, 5) is 24.8. The summed E-state index contributed by atoms with van der Waals surface area (Å²) in [6.45, 7) is 0. The van der Waals surface area contributed by atoms with Gasteiger partial charge in [-0.2, -0.15) is 0 Å². The van der Waals surface area contributed by atoms with Gasteiger partial charge in [0, 0.05) is 6.42 Å². The number of benzene rings is 4. The number of aromatic hydroxyl groups is 1. The van der Waals surface area contributed by atoms with Crippen molar-refractivity contribution in [3.05, 3.63) is 108 Å². The zero-order valence-electron chi connectivity index (χ0n) is 19.1. The zero-order chi connectivity index (χ0) is 24.8. The van der Waals surface area contributed by atoms with Crippen molar-refractivity contribution < 1.29 is 24.5 Å². The van der Waals surface area contributed by atoms with Gasteiger partial charge in [-0.05, 0) is 52.1 Å². The molecule has 4 rings (SSSR count). The van der Waals surface area contributed by atoms with Crippen molar-refractivity contribution in [2.24, 2.45) is 0 Å². The lowest BCUT2D eigenvalue weighted by Gasteiger charge is -2.16. The summed E-state index contributed by atoms with van der Waals surface area (Å²) in [5, 5.41) is 22.6. The van der Waals surface area contributed by atoms with Crippen LogP contribution >= 0.6 is 0 Å². The molecular formula is C29H25NO5. The van der Waals surface area contributed by atoms with Crippen molar-refractivity contribution in [1.82, 2.24) is 5.32 Å². The lowest BCUT2D eigenvalue weighted by Crippen LogP contribution is -2.42. The largest absolute Gasteiger partial charge is 0.507 e. The van der Waals surface area contributed by atoms with Crippen LogP contribution in [-0.4, -0.2) is 35.2 Å². The van der Waals surface area contributed by atoms with E-state index in [2.05, 4.69) is 5.32 Å². The van der Waals surface area contributed by atoms with E-state index >= 15 is 0 Å². The maximum atomic E-state index is 12.9. The second kappa shape index (κ2) is 10.6. The molecule has 1 atom stereocenters. The first kappa shape index (κ1) is 23.6. The molecular weight excluding hydrogens is 442 g/mol. The first-order valence-corrected chi connectivity index (χ1v) is 11.1. The molecule has 4 aromatic carbocycles. The molecule has 1 amide bonds. The second-order valence-electron chi connectivity index (χ2n) is 8.09. The molecule has 0 saturated carbocycles. The number of carboxylic acids is 1. The number of nitrogens with one attached hydrogen (secondary N) is 1. The Morgan fingerprint density at radius 2 is 1.37 bits per heavy atom. The monoisotopic (exact) mass is 467 g/mol. The van der Waals surface area contributed by atoms with E-state index < -0.39 is 17.9 Å². The molecule has 3 N–H and O–H groups in total. The Hall–Kier alpha value is -4.58. The molecule has 0 fully saturated rings. The lowest BCUT2D eigenvalue weighted by atomic mass is 9.99. The van der Waals surface area contributed by atoms with Crippen LogP contribution in [0.4, 0.5) is 0 Å². The summed E-state index contributed by atoms with van der Waals surface area (Å²) in [6, 6.07) is 28.2. The first-order valence-electron chi connectivity index (χ1n) is 11.1. The highest BCUT2D eigenvalue weighted by Crippen LogP contribution is 2.28. The summed E-state index contributed by atoms with van der Waals surface area (Å²) < 4.78 is 5.17. The fourth-order valence-electron chi connectivity index (χ4n) is 3.82. The summed E-state index contributed by atoms with van der Waals surface area (Å²) >= 11 is 0. The zero-order valence-corrected chi connectivity index (χ0v) is 19.1. The lowest BCUT2D eigenvalue weighted by molar-refractivity contribution is -0.139. The van der Waals surface area contributed by atoms with E-state index in [1.54, 1.807) is 31.4 Å². The van der Waals surface area contributed by atoms with Gasteiger partial charge in [-0.15, -0.1) is 0 Å². The molecule has 1 unspecified atom stereocenters. The second-order valence-corrected chi connectivity index (χ2v) is 8.09. The van der Waals surface area contributed by atoms with Crippen LogP contribution in [0.15, 0.2) is 97.1 Å². The predicted molar refractivity (Wildman–Crippen MR) is 135 cm³/mol. The van der Waals surface area contributed by atoms with E-state index in [0.29, 0.717) is 11.3 Å². The number of methoxy groups -OCH3 is 1. The van der Waals surface area contributed by atoms with Crippen molar-refractivity contribution in [3.8, 4) is 33.8 Å². The standard InChI is InChI=1S/C29H25NO5/c1-35-24-14-11-22(12-15-24)23-13-16-27(31)25(18-23)28(32)30-26(29(33)34)17-19-7-9-21(10-8-19)20-5-3-2-4-6-20/h2-16,18,26,31H,17H2,1H3,(H,30,32)(H,33,34). The third kappa shape index (κ3) is 5.68. The molecule has 0 aromatic heterocycles. The van der Waals surface area contributed by atoms with Gasteiger partial charge in [0.2, 0.25) is 0 Å². The van der Waals surface area contributed by atoms with Gasteiger partial charge in [0.1, 0.15) is 17.5 Å². The van der Waals surface area contributed by atoms with Gasteiger partial charge in [-0.25, -0.2) is 4.79 Å². The van der Waals surface area contributed by atoms with Crippen LogP contribution in [-0.2, 0) is 11.2 Å². The highest BCUT2D eigenvalue weighted by molar-refractivity contribution is 6.00. The van der Waals surface area contributed by atoms with E-state index in [1.807, 2.05) is 66.7 Å². The van der Waals surface area contributed by atoms with Crippen molar-refractivity contribution >= 4 is 11.9 Å². The Bertz CT molecular complexity index is 1320. The molecule has 0 radical (unpaired) electrons. The van der Waals surface area contributed by atoms with Crippen molar-refractivity contribution in [3.63, 3.8) is 0 Å². The van der Waals surface area contributed by atoms with Gasteiger partial charge in [0.25, 0.3) is 5.91 Å². The normalized spacial score (nSPS) is 11.5. The Balaban J connectivity index is 1.50. The fraction of sp³-hybridized carbons (Fsp3) is 0.103. The van der Waals surface area contributed by atoms with Crippen LogP contribution < -0.4 is 10.1 Å². The van der Waals surface area contributed by atoms with Crippen molar-refractivity contribution in [1.29, 1.82) is 0 Å². The number of phenolic OH excluding ortho intramolecular Hbond substituents is 1. The van der Waals surface area contributed by atoms with Crippen LogP contribution in [0.5, 0.6) is 11.5 Å². The number of phenols is 1. The van der Waals surface area contributed by atoms with E-state index in [1.165, 1.54) is 6.07 Å². The minimum absolute atomic E-state index is 0.00370. The number of amides is 1. The van der Waals surface area contributed by atoms with Crippen molar-refractivity contribution in [2.75, 3.05) is 7.11 Å². The Morgan fingerprint density at radius 1 is 0.800 bits per heavy atom. The summed E-state index contributed by atoms with van der Waals surface area (Å²) in [7, 11) is 1.58. The minimum atomic E-state index is -1.16. The quantitative estimate of drug-likeness (QED) is 0.333. The average Bonchev–Trinajstić information content (AvgIpc) is 2.89. The molecule has 4 aromatic rings. The minimum Gasteiger partial charge on any atom is -0.507 e. The number of ether oxygens (including phenoxy) is 1. The molecule has 35 heavy (non-hydrogen) atoms. The first-order chi connectivity index (χ1) is 16.9. The molecule has 0 saturated heterocycles. The number of carbonyl (C=O) groups is 2. The summed E-state index contributed by atoms with van der Waals surface area (Å²) in [5.74, 6) is -1.34. The summed E-state index contributed by atoms with van der Waals surface area (Å²) in [5.41, 5.74) is 4.39. The fourth-order valence-corrected chi connectivity index (χ4v) is 3.82. The predicted octanol–water partition coefficient (Wildman–Crippen LogP) is 5.16. The number of carbonyl (C=O) groups excluding carboxylic acids is 1. The van der Waals surface area contributed by atoms with Gasteiger partial charge in [-0.1, -0.05) is 72.8 Å². The van der Waals surface area contributed by atoms with Gasteiger partial charge >= 0.3 is 5.97 Å². The van der Waals surface area contributed by atoms with Crippen LogP contribution in [0.25, 0.3) is 22.3 Å². The highest BCUT2D eigenvalue weighted by Gasteiger charge is 2.23. The van der Waals surface area contributed by atoms with E-state index in [4.69, 9.17) is 4.74 Å². The van der Waals surface area contributed by atoms with E-state index in [9.17, 15) is 19.8 Å². The van der Waals surface area contributed by atoms with Crippen molar-refractivity contribution in [2.45, 2.75) is 12.5 Å². The third-order valence-corrected chi connectivity index (χ3v) is 5.77. The highest BCUT2D eigenvalue weighted by atomic mass is 16.5. The number of carboxylic acid groups (broad SMARTS) is 1. The van der Waals surface area contributed by atoms with Crippen LogP contribution in [0.2, 0.25) is 0 Å².